The predicted octanol–water partition coefficient (Wildman–Crippen LogP) is 4.44. The van der Waals surface area contributed by atoms with E-state index >= 15 is 0 Å². The minimum absolute atomic E-state index is 0. The van der Waals surface area contributed by atoms with E-state index in [0.29, 0.717) is 0 Å². The molecule has 23 heavy (non-hydrogen) atoms. The summed E-state index contributed by atoms with van der Waals surface area (Å²) in [5, 5.41) is 10.2. The summed E-state index contributed by atoms with van der Waals surface area (Å²) in [5.41, 5.74) is 0. The van der Waals surface area contributed by atoms with Crippen LogP contribution >= 0.6 is 0 Å². The Morgan fingerprint density at radius 1 is 0.652 bits per heavy atom. The first kappa shape index (κ1) is 31.4. The fraction of sp³-hybridized carbons (Fsp3) is 0.944. The molecule has 0 amide bonds. The average molecular weight is 393 g/mol. The monoisotopic (exact) mass is 391 g/mol. The molecule has 1 N–H and O–H groups in total. The van der Waals surface area contributed by atoms with Gasteiger partial charge in [0.15, 0.2) is 0 Å². The van der Waals surface area contributed by atoms with E-state index in [1.165, 1.54) is 83.5 Å². The number of carbonyl (C=O) groups is 1. The van der Waals surface area contributed by atoms with Crippen molar-refractivity contribution in [2.75, 3.05) is 0 Å². The van der Waals surface area contributed by atoms with Gasteiger partial charge in [0.25, 0.3) is 0 Å². The van der Waals surface area contributed by atoms with Crippen molar-refractivity contribution >= 4 is 23.3 Å². The maximum absolute atomic E-state index is 10.2. The van der Waals surface area contributed by atoms with Crippen LogP contribution in [-0.2, 0) is 24.3 Å². The summed E-state index contributed by atoms with van der Waals surface area (Å²) in [6.45, 7) is 2.27. The molecule has 0 heterocycles. The molecule has 0 radical (unpaired) electrons. The van der Waals surface area contributed by atoms with E-state index in [1.54, 1.807) is 0 Å². The fourth-order valence-electron chi connectivity index (χ4n) is 2.64. The summed E-state index contributed by atoms with van der Waals surface area (Å²) >= 11 is 0. The van der Waals surface area contributed by atoms with E-state index in [0.717, 1.165) is 12.8 Å². The van der Waals surface area contributed by atoms with Gasteiger partial charge in [-0.1, -0.05) is 96.8 Å². The molecule has 3 nitrogen and oxygen atoms in total. The van der Waals surface area contributed by atoms with Crippen LogP contribution in [0, 0.1) is 0 Å². The van der Waals surface area contributed by atoms with Crippen LogP contribution in [0.1, 0.15) is 110 Å². The van der Waals surface area contributed by atoms with Crippen LogP contribution in [0.2, 0.25) is 0 Å². The summed E-state index contributed by atoms with van der Waals surface area (Å²) in [4.78, 5) is 10.2. The van der Waals surface area contributed by atoms with Crippen LogP contribution in [0.3, 0.4) is 0 Å². The van der Waals surface area contributed by atoms with Crippen LogP contribution in [0.4, 0.5) is 0 Å². The first-order chi connectivity index (χ1) is 9.77. The third-order valence-electron chi connectivity index (χ3n) is 3.98. The molecule has 0 aromatic carbocycles. The van der Waals surface area contributed by atoms with Crippen molar-refractivity contribution in [3.63, 3.8) is 0 Å². The van der Waals surface area contributed by atoms with Gasteiger partial charge < -0.3 is 15.4 Å². The van der Waals surface area contributed by atoms with Crippen LogP contribution in [0.25, 0.3) is 0 Å². The Bertz CT molecular complexity index is 216. The molecule has 0 aliphatic heterocycles. The van der Waals surface area contributed by atoms with E-state index in [1.807, 2.05) is 0 Å². The second-order valence-corrected chi connectivity index (χ2v) is 6.07. The Hall–Kier alpha value is 0.586. The molecule has 128 valence electrons. The maximum atomic E-state index is 10.2. The van der Waals surface area contributed by atoms with Crippen molar-refractivity contribution in [2.24, 2.45) is 0 Å². The number of carboxylic acid groups (broad SMARTS) is 1. The molecule has 0 atom stereocenters. The maximum Gasteiger partial charge on any atom is 3.00 e. The Morgan fingerprint density at radius 3 is 1.17 bits per heavy atom. The minimum atomic E-state index is -0.903. The molecule has 0 saturated carbocycles. The molecule has 0 bridgehead atoms. The van der Waals surface area contributed by atoms with Crippen molar-refractivity contribution in [1.29, 1.82) is 0 Å². The molecular weight excluding hydrogens is 357 g/mol. The molecular formula is C18H36AlO3Zn+3. The Kier molecular flexibility index (Phi) is 37.4. The minimum Gasteiger partial charge on any atom is -0.870 e. The third-order valence-corrected chi connectivity index (χ3v) is 3.98. The van der Waals surface area contributed by atoms with Crippen LogP contribution in [-0.4, -0.2) is 28.8 Å². The Labute approximate surface area is 167 Å². The van der Waals surface area contributed by atoms with Gasteiger partial charge in [-0.2, -0.15) is 0 Å². The number of aliphatic carboxylic acids is 1. The SMILES string of the molecule is CCCCCCCCCCCCCCCCCC(=O)[O-].[Al+3].[OH-].[Zn+2]. The third kappa shape index (κ3) is 30.9. The number of carboxylic acids is 1. The molecule has 0 aromatic heterocycles. The summed E-state index contributed by atoms with van der Waals surface area (Å²) in [6, 6.07) is 0. The van der Waals surface area contributed by atoms with E-state index in [9.17, 15) is 9.90 Å². The average Bonchev–Trinajstić information content (AvgIpc) is 2.43. The second kappa shape index (κ2) is 27.4. The summed E-state index contributed by atoms with van der Waals surface area (Å²) < 4.78 is 0. The largest absolute Gasteiger partial charge is 3.00 e. The van der Waals surface area contributed by atoms with Crippen molar-refractivity contribution in [3.05, 3.63) is 0 Å². The van der Waals surface area contributed by atoms with E-state index < -0.39 is 5.97 Å². The van der Waals surface area contributed by atoms with Gasteiger partial charge in [-0.25, -0.2) is 0 Å². The molecule has 5 heteroatoms. The zero-order valence-corrected chi connectivity index (χ0v) is 19.5. The second-order valence-electron chi connectivity index (χ2n) is 6.07. The molecule has 0 aliphatic carbocycles. The number of carbonyl (C=O) groups excluding carboxylic acids is 1. The molecule has 0 spiro atoms. The molecule has 0 aromatic rings. The van der Waals surface area contributed by atoms with Crippen molar-refractivity contribution in [3.8, 4) is 0 Å². The molecule has 0 unspecified atom stereocenters. The van der Waals surface area contributed by atoms with Crippen molar-refractivity contribution in [2.45, 2.75) is 110 Å². The summed E-state index contributed by atoms with van der Waals surface area (Å²) in [6.07, 6.45) is 19.9. The number of rotatable bonds is 16. The standard InChI is InChI=1S/C18H36O2.Al.H2O.Zn/c1-2-3-4-5-6-7-8-9-10-11-12-13-14-15-16-17-18(19)20;;;/h2-17H2,1H3,(H,19,20);;1H2;/q;+3;;+2/p-2. The van der Waals surface area contributed by atoms with Crippen LogP contribution < -0.4 is 5.11 Å². The van der Waals surface area contributed by atoms with Crippen molar-refractivity contribution in [1.82, 2.24) is 0 Å². The first-order valence-electron chi connectivity index (χ1n) is 8.97. The van der Waals surface area contributed by atoms with Gasteiger partial charge in [0.05, 0.1) is 0 Å². The molecule has 0 fully saturated rings. The first-order valence-corrected chi connectivity index (χ1v) is 8.97. The van der Waals surface area contributed by atoms with Gasteiger partial charge in [0.2, 0.25) is 0 Å². The number of hydrogen-bond acceptors (Lipinski definition) is 3. The van der Waals surface area contributed by atoms with E-state index in [-0.39, 0.29) is 48.7 Å². The van der Waals surface area contributed by atoms with E-state index in [4.69, 9.17) is 0 Å². The van der Waals surface area contributed by atoms with Gasteiger partial charge in [-0.15, -0.1) is 0 Å². The molecule has 0 aliphatic rings. The van der Waals surface area contributed by atoms with Gasteiger partial charge >= 0.3 is 36.8 Å². The smallest absolute Gasteiger partial charge is 0.870 e. The molecule has 0 rings (SSSR count). The van der Waals surface area contributed by atoms with E-state index in [2.05, 4.69) is 6.92 Å². The Balaban J connectivity index is -0.000000602. The summed E-state index contributed by atoms with van der Waals surface area (Å²) in [7, 11) is 0. The van der Waals surface area contributed by atoms with Gasteiger partial charge in [-0.3, -0.25) is 0 Å². The van der Waals surface area contributed by atoms with Crippen molar-refractivity contribution < 1.29 is 34.9 Å². The van der Waals surface area contributed by atoms with Gasteiger partial charge in [0, 0.05) is 5.97 Å². The fourth-order valence-corrected chi connectivity index (χ4v) is 2.64. The zero-order chi connectivity index (χ0) is 14.9. The topological polar surface area (TPSA) is 70.1 Å². The summed E-state index contributed by atoms with van der Waals surface area (Å²) in [5.74, 6) is -0.903. The van der Waals surface area contributed by atoms with Crippen LogP contribution in [0.5, 0.6) is 0 Å². The van der Waals surface area contributed by atoms with Crippen LogP contribution in [0.15, 0.2) is 0 Å². The van der Waals surface area contributed by atoms with Gasteiger partial charge in [0.1, 0.15) is 0 Å². The number of hydrogen-bond donors (Lipinski definition) is 0. The van der Waals surface area contributed by atoms with Gasteiger partial charge in [-0.05, 0) is 12.8 Å². The normalized spacial score (nSPS) is 9.43. The Morgan fingerprint density at radius 2 is 0.913 bits per heavy atom. The quantitative estimate of drug-likeness (QED) is 0.288. The predicted molar refractivity (Wildman–Crippen MR) is 92.2 cm³/mol. The zero-order valence-electron chi connectivity index (χ0n) is 15.4. The number of unbranched alkanes of at least 4 members (excludes halogenated alkanes) is 14. The molecule has 0 saturated heterocycles.